The Labute approximate surface area is 217 Å². The van der Waals surface area contributed by atoms with Crippen molar-refractivity contribution in [2.75, 3.05) is 19.7 Å². The van der Waals surface area contributed by atoms with E-state index < -0.39 is 6.10 Å². The minimum absolute atomic E-state index is 0.169. The Bertz CT molecular complexity index is 1300. The van der Waals surface area contributed by atoms with Crippen LogP contribution in [0.4, 0.5) is 0 Å². The lowest BCUT2D eigenvalue weighted by atomic mass is 9.86. The van der Waals surface area contributed by atoms with Crippen molar-refractivity contribution in [1.29, 1.82) is 0 Å². The molecule has 2 heterocycles. The van der Waals surface area contributed by atoms with Crippen molar-refractivity contribution in [1.82, 2.24) is 4.90 Å². The molecular weight excluding hydrogens is 474 g/mol. The molecule has 3 aromatic carbocycles. The van der Waals surface area contributed by atoms with Crippen molar-refractivity contribution in [3.05, 3.63) is 82.4 Å². The lowest BCUT2D eigenvalue weighted by molar-refractivity contribution is 0.169. The van der Waals surface area contributed by atoms with E-state index in [1.807, 2.05) is 31.2 Å². The average Bonchev–Trinajstić information content (AvgIpc) is 3.29. The van der Waals surface area contributed by atoms with E-state index in [1.165, 1.54) is 6.42 Å². The van der Waals surface area contributed by atoms with Gasteiger partial charge in [-0.1, -0.05) is 30.7 Å². The first kappa shape index (κ1) is 24.5. The van der Waals surface area contributed by atoms with Gasteiger partial charge >= 0.3 is 0 Å². The number of nitrogens with zero attached hydrogens (tertiary/aromatic N) is 1. The molecule has 6 heteroatoms. The summed E-state index contributed by atoms with van der Waals surface area (Å²) in [7, 11) is 0. The molecule has 3 aromatic rings. The predicted molar refractivity (Wildman–Crippen MR) is 144 cm³/mol. The molecule has 1 saturated heterocycles. The van der Waals surface area contributed by atoms with E-state index in [9.17, 15) is 10.2 Å². The smallest absolute Gasteiger partial charge is 0.151 e. The molecule has 2 aliphatic heterocycles. The van der Waals surface area contributed by atoms with Crippen molar-refractivity contribution in [3.8, 4) is 23.0 Å². The second kappa shape index (κ2) is 10.1. The lowest BCUT2D eigenvalue weighted by Crippen LogP contribution is -2.35. The lowest BCUT2D eigenvalue weighted by Gasteiger charge is -2.31. The summed E-state index contributed by atoms with van der Waals surface area (Å²) in [6.07, 6.45) is 0.749. The summed E-state index contributed by atoms with van der Waals surface area (Å²) in [5.74, 6) is 2.48. The number of hydrogen-bond acceptors (Lipinski definition) is 5. The van der Waals surface area contributed by atoms with Gasteiger partial charge in [-0.05, 0) is 92.4 Å². The third-order valence-corrected chi connectivity index (χ3v) is 7.59. The number of fused-ring (bicyclic) bond motifs is 1. The second-order valence-electron chi connectivity index (χ2n) is 10.00. The summed E-state index contributed by atoms with van der Waals surface area (Å²) in [5, 5.41) is 20.8. The van der Waals surface area contributed by atoms with Crippen LogP contribution in [0.3, 0.4) is 0 Å². The van der Waals surface area contributed by atoms with Crippen LogP contribution in [0.25, 0.3) is 11.1 Å². The normalized spacial score (nSPS) is 20.7. The van der Waals surface area contributed by atoms with E-state index >= 15 is 0 Å². The van der Waals surface area contributed by atoms with Crippen molar-refractivity contribution in [3.63, 3.8) is 0 Å². The Morgan fingerprint density at radius 1 is 1.08 bits per heavy atom. The van der Waals surface area contributed by atoms with Gasteiger partial charge in [-0.15, -0.1) is 0 Å². The van der Waals surface area contributed by atoms with E-state index in [0.29, 0.717) is 23.4 Å². The molecule has 3 atom stereocenters. The zero-order valence-electron chi connectivity index (χ0n) is 20.9. The Hall–Kier alpha value is -3.15. The van der Waals surface area contributed by atoms with Crippen molar-refractivity contribution in [2.24, 2.45) is 5.92 Å². The number of likely N-dealkylation sites (tertiary alicyclic amines) is 1. The number of phenolic OH excluding ortho intramolecular Hbond substituents is 2. The van der Waals surface area contributed by atoms with Gasteiger partial charge in [0, 0.05) is 29.3 Å². The van der Waals surface area contributed by atoms with E-state index in [0.717, 1.165) is 52.6 Å². The van der Waals surface area contributed by atoms with Crippen LogP contribution in [-0.4, -0.2) is 40.9 Å². The Kier molecular flexibility index (Phi) is 6.87. The Morgan fingerprint density at radius 3 is 2.61 bits per heavy atom. The van der Waals surface area contributed by atoms with Crippen LogP contribution < -0.4 is 9.47 Å². The molecule has 188 valence electrons. The molecule has 0 aliphatic carbocycles. The Morgan fingerprint density at radius 2 is 1.89 bits per heavy atom. The third kappa shape index (κ3) is 4.91. The van der Waals surface area contributed by atoms with Gasteiger partial charge in [-0.3, -0.25) is 4.90 Å². The molecule has 2 aliphatic rings. The van der Waals surface area contributed by atoms with Gasteiger partial charge in [0.05, 0.1) is 5.02 Å². The molecule has 5 nitrogen and oxygen atoms in total. The number of aromatic hydroxyl groups is 2. The van der Waals surface area contributed by atoms with Gasteiger partial charge in [0.25, 0.3) is 0 Å². The average molecular weight is 506 g/mol. The zero-order chi connectivity index (χ0) is 25.4. The molecule has 3 unspecified atom stereocenters. The van der Waals surface area contributed by atoms with Crippen molar-refractivity contribution >= 4 is 22.7 Å². The van der Waals surface area contributed by atoms with Gasteiger partial charge in [0.1, 0.15) is 29.6 Å². The number of halogens is 1. The number of allylic oxidation sites excluding steroid dienone is 1. The van der Waals surface area contributed by atoms with Gasteiger partial charge in [-0.2, -0.15) is 0 Å². The highest BCUT2D eigenvalue weighted by Crippen LogP contribution is 2.49. The standard InChI is InChI=1S/C30H32ClNO4/c1-18-11-12-32(16-18)19(2)17-35-24-8-9-25(27(31)15-24)30-29(21-5-4-6-22(33)13-21)20(3)26-14-23(34)7-10-28(26)36-30/h4-10,13-15,18-19,30,33-34H,11-12,16-17H2,1-3H3. The highest BCUT2D eigenvalue weighted by molar-refractivity contribution is 6.31. The first-order valence-electron chi connectivity index (χ1n) is 12.5. The first-order valence-corrected chi connectivity index (χ1v) is 12.8. The zero-order valence-corrected chi connectivity index (χ0v) is 21.6. The first-order chi connectivity index (χ1) is 17.3. The van der Waals surface area contributed by atoms with Crippen LogP contribution in [0.5, 0.6) is 23.0 Å². The van der Waals surface area contributed by atoms with E-state index in [4.69, 9.17) is 21.1 Å². The predicted octanol–water partition coefficient (Wildman–Crippen LogP) is 6.92. The molecule has 0 bridgehead atoms. The Balaban J connectivity index is 1.45. The highest BCUT2D eigenvalue weighted by Gasteiger charge is 2.31. The molecule has 0 amide bonds. The summed E-state index contributed by atoms with van der Waals surface area (Å²) in [6, 6.07) is 18.3. The molecule has 0 spiro atoms. The summed E-state index contributed by atoms with van der Waals surface area (Å²) in [6.45, 7) is 9.33. The number of ether oxygens (including phenoxy) is 2. The van der Waals surface area contributed by atoms with Crippen molar-refractivity contribution < 1.29 is 19.7 Å². The van der Waals surface area contributed by atoms with E-state index in [2.05, 4.69) is 18.7 Å². The quantitative estimate of drug-likeness (QED) is 0.380. The van der Waals surface area contributed by atoms with Gasteiger partial charge in [0.2, 0.25) is 0 Å². The van der Waals surface area contributed by atoms with E-state index in [1.54, 1.807) is 36.4 Å². The van der Waals surface area contributed by atoms with E-state index in [-0.39, 0.29) is 11.5 Å². The molecule has 5 rings (SSSR count). The molecule has 2 N–H and O–H groups in total. The summed E-state index contributed by atoms with van der Waals surface area (Å²) in [5.41, 5.74) is 4.29. The van der Waals surface area contributed by atoms with Gasteiger partial charge in [-0.25, -0.2) is 0 Å². The molecular formula is C30H32ClNO4. The van der Waals surface area contributed by atoms with Crippen molar-refractivity contribution in [2.45, 2.75) is 39.3 Å². The fraction of sp³-hybridized carbons (Fsp3) is 0.333. The largest absolute Gasteiger partial charge is 0.508 e. The third-order valence-electron chi connectivity index (χ3n) is 7.26. The van der Waals surface area contributed by atoms with Crippen LogP contribution >= 0.6 is 11.6 Å². The molecule has 0 aromatic heterocycles. The highest BCUT2D eigenvalue weighted by atomic mass is 35.5. The number of phenols is 2. The van der Waals surface area contributed by atoms with Crippen LogP contribution in [0.2, 0.25) is 5.02 Å². The summed E-state index contributed by atoms with van der Waals surface area (Å²) in [4.78, 5) is 2.47. The number of rotatable bonds is 6. The number of benzene rings is 3. The molecule has 1 fully saturated rings. The summed E-state index contributed by atoms with van der Waals surface area (Å²) >= 11 is 6.83. The topological polar surface area (TPSA) is 62.2 Å². The van der Waals surface area contributed by atoms with Crippen LogP contribution in [-0.2, 0) is 0 Å². The maximum Gasteiger partial charge on any atom is 0.151 e. The second-order valence-corrected chi connectivity index (χ2v) is 10.4. The minimum atomic E-state index is -0.490. The molecule has 0 saturated carbocycles. The molecule has 36 heavy (non-hydrogen) atoms. The fourth-order valence-electron chi connectivity index (χ4n) is 5.20. The van der Waals surface area contributed by atoms with Crippen LogP contribution in [0.1, 0.15) is 50.0 Å². The monoisotopic (exact) mass is 505 g/mol. The van der Waals surface area contributed by atoms with Crippen LogP contribution in [0.15, 0.2) is 60.7 Å². The van der Waals surface area contributed by atoms with Crippen LogP contribution in [0, 0.1) is 5.92 Å². The fourth-order valence-corrected chi connectivity index (χ4v) is 5.47. The minimum Gasteiger partial charge on any atom is -0.508 e. The maximum atomic E-state index is 10.2. The van der Waals surface area contributed by atoms with Gasteiger partial charge < -0.3 is 19.7 Å². The summed E-state index contributed by atoms with van der Waals surface area (Å²) < 4.78 is 12.6. The maximum absolute atomic E-state index is 10.2. The van der Waals surface area contributed by atoms with Gasteiger partial charge in [0.15, 0.2) is 6.10 Å². The number of hydrogen-bond donors (Lipinski definition) is 2. The molecule has 0 radical (unpaired) electrons. The SMILES string of the molecule is CC1=C(c2cccc(O)c2)C(c2ccc(OCC(C)N3CCC(C)C3)cc2Cl)Oc2ccc(O)cc21.